The number of hydrogen-bond acceptors (Lipinski definition) is 3. The first-order chi connectivity index (χ1) is 9.60. The van der Waals surface area contributed by atoms with Gasteiger partial charge in [0.05, 0.1) is 24.0 Å². The summed E-state index contributed by atoms with van der Waals surface area (Å²) in [5.41, 5.74) is 1.64. The molecule has 0 aliphatic carbocycles. The minimum atomic E-state index is -0.112. The van der Waals surface area contributed by atoms with Crippen molar-refractivity contribution >= 4 is 23.2 Å². The summed E-state index contributed by atoms with van der Waals surface area (Å²) in [6.07, 6.45) is 3.99. The van der Waals surface area contributed by atoms with E-state index in [-0.39, 0.29) is 5.91 Å². The van der Waals surface area contributed by atoms with Crippen LogP contribution in [0.3, 0.4) is 0 Å². The molecule has 2 rings (SSSR count). The minimum Gasteiger partial charge on any atom is -0.493 e. The van der Waals surface area contributed by atoms with Crippen molar-refractivity contribution in [1.29, 1.82) is 0 Å². The largest absolute Gasteiger partial charge is 0.493 e. The number of benzene rings is 1. The quantitative estimate of drug-likeness (QED) is 0.922. The van der Waals surface area contributed by atoms with Gasteiger partial charge in [0.15, 0.2) is 5.75 Å². The maximum Gasteiger partial charge on any atom is 0.226 e. The number of para-hydroxylation sites is 1. The normalized spacial score (nSPS) is 10.3. The second kappa shape index (κ2) is 6.43. The number of anilines is 1. The molecule has 106 valence electrons. The van der Waals surface area contributed by atoms with Crippen LogP contribution < -0.4 is 10.1 Å². The highest BCUT2D eigenvalue weighted by molar-refractivity contribution is 6.32. The highest BCUT2D eigenvalue weighted by Crippen LogP contribution is 2.32. The fraction of sp³-hybridized carbons (Fsp3) is 0.286. The second-order valence-electron chi connectivity index (χ2n) is 4.40. The van der Waals surface area contributed by atoms with E-state index < -0.39 is 0 Å². The molecule has 0 aliphatic rings. The standard InChI is InChI=1S/C14H16ClN3O2/c1-10-8-16-18(9-10)7-6-13(19)17-12-5-3-4-11(15)14(12)20-2/h3-5,8-9H,6-7H2,1-2H3,(H,17,19). The molecule has 1 aromatic carbocycles. The Hall–Kier alpha value is -2.01. The molecule has 2 aromatic rings. The third kappa shape index (κ3) is 3.51. The molecule has 20 heavy (non-hydrogen) atoms. The topological polar surface area (TPSA) is 56.1 Å². The molecule has 1 N–H and O–H groups in total. The summed E-state index contributed by atoms with van der Waals surface area (Å²) in [5, 5.41) is 7.39. The van der Waals surface area contributed by atoms with Crippen LogP contribution in [-0.2, 0) is 11.3 Å². The van der Waals surface area contributed by atoms with Crippen LogP contribution in [0, 0.1) is 6.92 Å². The van der Waals surface area contributed by atoms with E-state index >= 15 is 0 Å². The van der Waals surface area contributed by atoms with Crippen molar-refractivity contribution in [1.82, 2.24) is 9.78 Å². The third-order valence-corrected chi connectivity index (χ3v) is 3.07. The lowest BCUT2D eigenvalue weighted by atomic mass is 10.2. The summed E-state index contributed by atoms with van der Waals surface area (Å²) in [6, 6.07) is 5.22. The fourth-order valence-corrected chi connectivity index (χ4v) is 2.08. The van der Waals surface area contributed by atoms with Crippen LogP contribution >= 0.6 is 11.6 Å². The Labute approximate surface area is 122 Å². The molecular formula is C14H16ClN3O2. The van der Waals surface area contributed by atoms with Gasteiger partial charge in [-0.1, -0.05) is 17.7 Å². The van der Waals surface area contributed by atoms with Gasteiger partial charge in [0.25, 0.3) is 0 Å². The van der Waals surface area contributed by atoms with Crippen LogP contribution in [0.5, 0.6) is 5.75 Å². The fourth-order valence-electron chi connectivity index (χ4n) is 1.83. The van der Waals surface area contributed by atoms with Gasteiger partial charge in [-0.2, -0.15) is 5.10 Å². The minimum absolute atomic E-state index is 0.112. The molecule has 0 saturated heterocycles. The number of carbonyl (C=O) groups is 1. The molecule has 0 aliphatic heterocycles. The Morgan fingerprint density at radius 3 is 2.95 bits per heavy atom. The number of methoxy groups -OCH3 is 1. The molecule has 0 bridgehead atoms. The van der Waals surface area contributed by atoms with Gasteiger partial charge in [0.1, 0.15) is 0 Å². The van der Waals surface area contributed by atoms with Gasteiger partial charge < -0.3 is 10.1 Å². The van der Waals surface area contributed by atoms with Gasteiger partial charge >= 0.3 is 0 Å². The van der Waals surface area contributed by atoms with E-state index in [4.69, 9.17) is 16.3 Å². The summed E-state index contributed by atoms with van der Waals surface area (Å²) >= 11 is 6.00. The smallest absolute Gasteiger partial charge is 0.226 e. The molecular weight excluding hydrogens is 278 g/mol. The number of aryl methyl sites for hydroxylation is 2. The van der Waals surface area contributed by atoms with Crippen LogP contribution in [0.25, 0.3) is 0 Å². The van der Waals surface area contributed by atoms with E-state index in [0.717, 1.165) is 5.56 Å². The van der Waals surface area contributed by atoms with Gasteiger partial charge in [-0.25, -0.2) is 0 Å². The second-order valence-corrected chi connectivity index (χ2v) is 4.81. The predicted octanol–water partition coefficient (Wildman–Crippen LogP) is 2.88. The first-order valence-electron chi connectivity index (χ1n) is 6.21. The molecule has 1 amide bonds. The molecule has 1 aromatic heterocycles. The summed E-state index contributed by atoms with van der Waals surface area (Å²) in [7, 11) is 1.52. The molecule has 0 atom stereocenters. The summed E-state index contributed by atoms with van der Waals surface area (Å²) in [5.74, 6) is 0.358. The van der Waals surface area contributed by atoms with Crippen molar-refractivity contribution in [2.75, 3.05) is 12.4 Å². The molecule has 0 saturated carbocycles. The number of hydrogen-bond donors (Lipinski definition) is 1. The van der Waals surface area contributed by atoms with Crippen LogP contribution in [0.2, 0.25) is 5.02 Å². The predicted molar refractivity (Wildman–Crippen MR) is 78.2 cm³/mol. The first kappa shape index (κ1) is 14.4. The Balaban J connectivity index is 1.96. The molecule has 6 heteroatoms. The first-order valence-corrected chi connectivity index (χ1v) is 6.59. The lowest BCUT2D eigenvalue weighted by Gasteiger charge is -2.11. The van der Waals surface area contributed by atoms with Crippen molar-refractivity contribution in [2.45, 2.75) is 19.9 Å². The molecule has 0 fully saturated rings. The van der Waals surface area contributed by atoms with Crippen molar-refractivity contribution < 1.29 is 9.53 Å². The van der Waals surface area contributed by atoms with Gasteiger partial charge in [0, 0.05) is 19.2 Å². The number of aromatic nitrogens is 2. The van der Waals surface area contributed by atoms with E-state index in [1.807, 2.05) is 13.1 Å². The van der Waals surface area contributed by atoms with E-state index in [0.29, 0.717) is 29.4 Å². The molecule has 0 spiro atoms. The number of amides is 1. The average molecular weight is 294 g/mol. The number of nitrogens with zero attached hydrogens (tertiary/aromatic N) is 2. The Kier molecular flexibility index (Phi) is 4.63. The Bertz CT molecular complexity index is 610. The van der Waals surface area contributed by atoms with Crippen molar-refractivity contribution in [3.63, 3.8) is 0 Å². The molecule has 0 unspecified atom stereocenters. The van der Waals surface area contributed by atoms with E-state index in [9.17, 15) is 4.79 Å². The number of rotatable bonds is 5. The molecule has 5 nitrogen and oxygen atoms in total. The molecule has 1 heterocycles. The van der Waals surface area contributed by atoms with Crippen molar-refractivity contribution in [3.8, 4) is 5.75 Å². The van der Waals surface area contributed by atoms with E-state index in [1.54, 1.807) is 29.1 Å². The van der Waals surface area contributed by atoms with E-state index in [2.05, 4.69) is 10.4 Å². The zero-order valence-corrected chi connectivity index (χ0v) is 12.1. The number of carbonyl (C=O) groups excluding carboxylic acids is 1. The summed E-state index contributed by atoms with van der Waals surface area (Å²) in [6.45, 7) is 2.49. The van der Waals surface area contributed by atoms with E-state index in [1.165, 1.54) is 7.11 Å². The number of nitrogens with one attached hydrogen (secondary N) is 1. The van der Waals surface area contributed by atoms with Crippen LogP contribution in [0.15, 0.2) is 30.6 Å². The van der Waals surface area contributed by atoms with Gasteiger partial charge in [-0.15, -0.1) is 0 Å². The monoisotopic (exact) mass is 293 g/mol. The van der Waals surface area contributed by atoms with Crippen LogP contribution in [0.4, 0.5) is 5.69 Å². The van der Waals surface area contributed by atoms with Crippen LogP contribution in [0.1, 0.15) is 12.0 Å². The number of halogens is 1. The van der Waals surface area contributed by atoms with Gasteiger partial charge in [0.2, 0.25) is 5.91 Å². The van der Waals surface area contributed by atoms with Gasteiger partial charge in [-0.05, 0) is 24.6 Å². The Morgan fingerprint density at radius 2 is 2.30 bits per heavy atom. The maximum atomic E-state index is 11.9. The SMILES string of the molecule is COc1c(Cl)cccc1NC(=O)CCn1cc(C)cn1. The van der Waals surface area contributed by atoms with Crippen LogP contribution in [-0.4, -0.2) is 22.8 Å². The molecule has 0 radical (unpaired) electrons. The highest BCUT2D eigenvalue weighted by atomic mass is 35.5. The lowest BCUT2D eigenvalue weighted by Crippen LogP contribution is -2.15. The number of ether oxygens (including phenoxy) is 1. The Morgan fingerprint density at radius 1 is 1.50 bits per heavy atom. The van der Waals surface area contributed by atoms with Crippen molar-refractivity contribution in [2.24, 2.45) is 0 Å². The zero-order valence-electron chi connectivity index (χ0n) is 11.4. The zero-order chi connectivity index (χ0) is 14.5. The maximum absolute atomic E-state index is 11.9. The van der Waals surface area contributed by atoms with Crippen molar-refractivity contribution in [3.05, 3.63) is 41.2 Å². The third-order valence-electron chi connectivity index (χ3n) is 2.78. The van der Waals surface area contributed by atoms with Gasteiger partial charge in [-0.3, -0.25) is 9.48 Å². The highest BCUT2D eigenvalue weighted by Gasteiger charge is 2.10. The summed E-state index contributed by atoms with van der Waals surface area (Å²) in [4.78, 5) is 11.9. The summed E-state index contributed by atoms with van der Waals surface area (Å²) < 4.78 is 6.92. The average Bonchev–Trinajstić information content (AvgIpc) is 2.83. The lowest BCUT2D eigenvalue weighted by molar-refractivity contribution is -0.116.